The van der Waals surface area contributed by atoms with E-state index in [9.17, 15) is 9.18 Å². The molecule has 2 aromatic carbocycles. The van der Waals surface area contributed by atoms with Gasteiger partial charge >= 0.3 is 0 Å². The summed E-state index contributed by atoms with van der Waals surface area (Å²) in [5.74, 6) is 0.411. The molecule has 1 fully saturated rings. The summed E-state index contributed by atoms with van der Waals surface area (Å²) in [4.78, 5) is 18.5. The average Bonchev–Trinajstić information content (AvgIpc) is 3.41. The van der Waals surface area contributed by atoms with Gasteiger partial charge in [-0.3, -0.25) is 4.79 Å². The van der Waals surface area contributed by atoms with E-state index in [0.717, 1.165) is 40.3 Å². The molecule has 27 heavy (non-hydrogen) atoms. The van der Waals surface area contributed by atoms with Crippen LogP contribution in [0.25, 0.3) is 11.3 Å². The lowest BCUT2D eigenvalue weighted by molar-refractivity contribution is -0.118. The number of benzene rings is 2. The topological polar surface area (TPSA) is 51.2 Å². The van der Waals surface area contributed by atoms with Crippen molar-refractivity contribution in [3.63, 3.8) is 0 Å². The molecule has 1 aliphatic rings. The summed E-state index contributed by atoms with van der Waals surface area (Å²) in [6.45, 7) is 1.99. The third-order valence-electron chi connectivity index (χ3n) is 4.96. The smallest absolute Gasteiger partial charge is 0.236 e. The largest absolute Gasteiger partial charge is 0.497 e. The molecule has 1 heterocycles. The lowest BCUT2D eigenvalue weighted by atomic mass is 9.95. The number of carbonyl (C=O) groups is 1. The summed E-state index contributed by atoms with van der Waals surface area (Å²) in [6, 6.07) is 13.9. The molecule has 0 aliphatic heterocycles. The lowest BCUT2D eigenvalue weighted by Crippen LogP contribution is -2.27. The number of carbonyl (C=O) groups excluding carboxylic acids is 1. The molecule has 0 atom stereocenters. The maximum atomic E-state index is 13.2. The Hall–Kier alpha value is -2.73. The number of ether oxygens (including phenoxy) is 1. The number of thiazole rings is 1. The number of aryl methyl sites for hydroxylation is 1. The van der Waals surface area contributed by atoms with Crippen LogP contribution in [0, 0.1) is 12.7 Å². The summed E-state index contributed by atoms with van der Waals surface area (Å²) < 4.78 is 18.4. The molecule has 0 radical (unpaired) electrons. The summed E-state index contributed by atoms with van der Waals surface area (Å²) in [5, 5.41) is 3.54. The standard InChI is InChI=1S/C21H19FN2O2S/c1-13-18(14-3-9-17(26-2)10-4-14)23-20(27-13)24-19(25)21(11-12-21)15-5-7-16(22)8-6-15/h3-10H,11-12H2,1-2H3,(H,23,24,25). The monoisotopic (exact) mass is 382 g/mol. The van der Waals surface area contributed by atoms with Crippen molar-refractivity contribution in [2.45, 2.75) is 25.2 Å². The van der Waals surface area contributed by atoms with Gasteiger partial charge in [0, 0.05) is 10.4 Å². The van der Waals surface area contributed by atoms with Crippen molar-refractivity contribution in [1.82, 2.24) is 4.98 Å². The van der Waals surface area contributed by atoms with E-state index in [-0.39, 0.29) is 11.7 Å². The normalized spacial score (nSPS) is 14.6. The molecule has 1 amide bonds. The summed E-state index contributed by atoms with van der Waals surface area (Å²) in [6.07, 6.45) is 1.53. The molecule has 3 aromatic rings. The van der Waals surface area contributed by atoms with Crippen molar-refractivity contribution in [3.8, 4) is 17.0 Å². The molecule has 1 N–H and O–H groups in total. The van der Waals surface area contributed by atoms with E-state index in [2.05, 4.69) is 10.3 Å². The molecule has 6 heteroatoms. The second-order valence-corrected chi connectivity index (χ2v) is 7.90. The van der Waals surface area contributed by atoms with Crippen molar-refractivity contribution in [2.75, 3.05) is 12.4 Å². The Morgan fingerprint density at radius 2 is 1.81 bits per heavy atom. The SMILES string of the molecule is COc1ccc(-c2nc(NC(=O)C3(c4ccc(F)cc4)CC3)sc2C)cc1. The van der Waals surface area contributed by atoms with Gasteiger partial charge in [0.1, 0.15) is 11.6 Å². The van der Waals surface area contributed by atoms with Crippen LogP contribution in [0.3, 0.4) is 0 Å². The van der Waals surface area contributed by atoms with Gasteiger partial charge in [-0.15, -0.1) is 11.3 Å². The van der Waals surface area contributed by atoms with Gasteiger partial charge in [0.2, 0.25) is 5.91 Å². The van der Waals surface area contributed by atoms with Crippen molar-refractivity contribution >= 4 is 22.4 Å². The molecule has 0 spiro atoms. The zero-order chi connectivity index (χ0) is 19.0. The van der Waals surface area contributed by atoms with Gasteiger partial charge in [-0.1, -0.05) is 12.1 Å². The number of nitrogens with zero attached hydrogens (tertiary/aromatic N) is 1. The highest BCUT2D eigenvalue weighted by atomic mass is 32.1. The number of halogens is 1. The predicted molar refractivity (Wildman–Crippen MR) is 105 cm³/mol. The fourth-order valence-electron chi connectivity index (χ4n) is 3.22. The number of rotatable bonds is 5. The van der Waals surface area contributed by atoms with E-state index in [4.69, 9.17) is 4.74 Å². The van der Waals surface area contributed by atoms with Crippen LogP contribution in [0.15, 0.2) is 48.5 Å². The predicted octanol–water partition coefficient (Wildman–Crippen LogP) is 4.94. The van der Waals surface area contributed by atoms with Crippen molar-refractivity contribution in [3.05, 3.63) is 64.8 Å². The Bertz CT molecular complexity index is 976. The minimum absolute atomic E-state index is 0.0795. The quantitative estimate of drug-likeness (QED) is 0.680. The fraction of sp³-hybridized carbons (Fsp3) is 0.238. The molecule has 4 nitrogen and oxygen atoms in total. The highest BCUT2D eigenvalue weighted by molar-refractivity contribution is 7.16. The Morgan fingerprint density at radius 1 is 1.15 bits per heavy atom. The van der Waals surface area contributed by atoms with Crippen molar-refractivity contribution in [2.24, 2.45) is 0 Å². The van der Waals surface area contributed by atoms with E-state index < -0.39 is 5.41 Å². The van der Waals surface area contributed by atoms with E-state index in [1.807, 2.05) is 31.2 Å². The molecular weight excluding hydrogens is 363 g/mol. The van der Waals surface area contributed by atoms with Crippen LogP contribution in [0.4, 0.5) is 9.52 Å². The van der Waals surface area contributed by atoms with Crippen LogP contribution in [-0.4, -0.2) is 18.0 Å². The van der Waals surface area contributed by atoms with E-state index >= 15 is 0 Å². The number of aromatic nitrogens is 1. The van der Waals surface area contributed by atoms with E-state index in [1.54, 1.807) is 19.2 Å². The number of methoxy groups -OCH3 is 1. The molecule has 0 saturated heterocycles. The van der Waals surface area contributed by atoms with E-state index in [1.165, 1.54) is 23.5 Å². The van der Waals surface area contributed by atoms with Crippen molar-refractivity contribution in [1.29, 1.82) is 0 Å². The van der Waals surface area contributed by atoms with Gasteiger partial charge < -0.3 is 10.1 Å². The second-order valence-electron chi connectivity index (χ2n) is 6.70. The van der Waals surface area contributed by atoms with Crippen LogP contribution in [0.2, 0.25) is 0 Å². The molecule has 1 aliphatic carbocycles. The number of anilines is 1. The number of amides is 1. The number of hydrogen-bond donors (Lipinski definition) is 1. The van der Waals surface area contributed by atoms with Crippen LogP contribution in [0.1, 0.15) is 23.3 Å². The Balaban J connectivity index is 1.54. The Labute approximate surface area is 161 Å². The zero-order valence-electron chi connectivity index (χ0n) is 15.1. The molecule has 4 rings (SSSR count). The first-order chi connectivity index (χ1) is 13.0. The fourth-order valence-corrected chi connectivity index (χ4v) is 4.05. The van der Waals surface area contributed by atoms with Gasteiger partial charge in [0.25, 0.3) is 0 Å². The van der Waals surface area contributed by atoms with Crippen LogP contribution >= 0.6 is 11.3 Å². The third-order valence-corrected chi connectivity index (χ3v) is 5.85. The Kier molecular flexibility index (Phi) is 4.44. The molecule has 1 aromatic heterocycles. The zero-order valence-corrected chi connectivity index (χ0v) is 15.9. The summed E-state index contributed by atoms with van der Waals surface area (Å²) in [5.41, 5.74) is 2.12. The van der Waals surface area contributed by atoms with Crippen LogP contribution < -0.4 is 10.1 Å². The van der Waals surface area contributed by atoms with Crippen molar-refractivity contribution < 1.29 is 13.9 Å². The highest BCUT2D eigenvalue weighted by Gasteiger charge is 2.51. The molecule has 0 unspecified atom stereocenters. The van der Waals surface area contributed by atoms with Crippen LogP contribution in [-0.2, 0) is 10.2 Å². The molecular formula is C21H19FN2O2S. The maximum absolute atomic E-state index is 13.2. The van der Waals surface area contributed by atoms with Gasteiger partial charge in [0.05, 0.1) is 18.2 Å². The summed E-state index contributed by atoms with van der Waals surface area (Å²) >= 11 is 1.45. The van der Waals surface area contributed by atoms with Gasteiger partial charge in [-0.05, 0) is 61.7 Å². The van der Waals surface area contributed by atoms with E-state index in [0.29, 0.717) is 5.13 Å². The minimum atomic E-state index is -0.562. The first-order valence-corrected chi connectivity index (χ1v) is 9.53. The molecule has 0 bridgehead atoms. The summed E-state index contributed by atoms with van der Waals surface area (Å²) in [7, 11) is 1.63. The van der Waals surface area contributed by atoms with Crippen LogP contribution in [0.5, 0.6) is 5.75 Å². The molecule has 138 valence electrons. The van der Waals surface area contributed by atoms with Gasteiger partial charge in [0.15, 0.2) is 5.13 Å². The maximum Gasteiger partial charge on any atom is 0.236 e. The molecule has 1 saturated carbocycles. The Morgan fingerprint density at radius 3 is 2.41 bits per heavy atom. The first-order valence-electron chi connectivity index (χ1n) is 8.71. The van der Waals surface area contributed by atoms with Gasteiger partial charge in [-0.25, -0.2) is 9.37 Å². The minimum Gasteiger partial charge on any atom is -0.497 e. The number of nitrogens with one attached hydrogen (secondary N) is 1. The first kappa shape index (κ1) is 17.7. The van der Waals surface area contributed by atoms with Gasteiger partial charge in [-0.2, -0.15) is 0 Å². The number of hydrogen-bond acceptors (Lipinski definition) is 4. The average molecular weight is 382 g/mol. The highest BCUT2D eigenvalue weighted by Crippen LogP contribution is 2.49. The third kappa shape index (κ3) is 3.32. The lowest BCUT2D eigenvalue weighted by Gasteiger charge is -2.14. The second kappa shape index (κ2) is 6.78.